The highest BCUT2D eigenvalue weighted by molar-refractivity contribution is 5.60. The molecule has 4 aromatic rings. The van der Waals surface area contributed by atoms with Gasteiger partial charge in [-0.3, -0.25) is 0 Å². The lowest BCUT2D eigenvalue weighted by Crippen LogP contribution is -2.30. The van der Waals surface area contributed by atoms with Gasteiger partial charge in [-0.15, -0.1) is 0 Å². The van der Waals surface area contributed by atoms with E-state index in [9.17, 15) is 10.5 Å². The van der Waals surface area contributed by atoms with Gasteiger partial charge in [0.25, 0.3) is 0 Å². The highest BCUT2D eigenvalue weighted by atomic mass is 14.9. The summed E-state index contributed by atoms with van der Waals surface area (Å²) in [6.07, 6.45) is 9.58. The molecule has 42 heavy (non-hydrogen) atoms. The fraction of sp³-hybridized carbons (Fsp3) is 0.389. The molecule has 0 aliphatic carbocycles. The van der Waals surface area contributed by atoms with E-state index < -0.39 is 10.8 Å². The van der Waals surface area contributed by atoms with Gasteiger partial charge < -0.3 is 0 Å². The van der Waals surface area contributed by atoms with Gasteiger partial charge in [-0.1, -0.05) is 89.5 Å². The summed E-state index contributed by atoms with van der Waals surface area (Å²) >= 11 is 0. The molecular formula is C36H38N6. The predicted octanol–water partition coefficient (Wildman–Crippen LogP) is 8.47. The van der Waals surface area contributed by atoms with Gasteiger partial charge in [0.2, 0.25) is 0 Å². The molecule has 6 heteroatoms. The quantitative estimate of drug-likeness (QED) is 0.182. The number of hydrogen-bond acceptors (Lipinski definition) is 6. The number of nitriles is 2. The van der Waals surface area contributed by atoms with Crippen molar-refractivity contribution in [3.8, 4) is 34.9 Å². The zero-order valence-corrected chi connectivity index (χ0v) is 24.7. The summed E-state index contributed by atoms with van der Waals surface area (Å²) in [5.74, 6) is 0. The molecule has 0 unspecified atom stereocenters. The first-order valence-corrected chi connectivity index (χ1v) is 15.3. The highest BCUT2D eigenvalue weighted by Gasteiger charge is 2.40. The molecule has 1 aliphatic rings. The van der Waals surface area contributed by atoms with E-state index in [1.165, 1.54) is 0 Å². The molecule has 0 saturated carbocycles. The van der Waals surface area contributed by atoms with E-state index in [2.05, 4.69) is 26.0 Å². The Morgan fingerprint density at radius 2 is 0.786 bits per heavy atom. The molecule has 0 saturated heterocycles. The Balaban J connectivity index is 1.76. The van der Waals surface area contributed by atoms with Gasteiger partial charge in [0, 0.05) is 0 Å². The molecule has 0 spiro atoms. The Hall–Kier alpha value is -4.42. The Labute approximate surface area is 249 Å². The summed E-state index contributed by atoms with van der Waals surface area (Å²) in [5.41, 5.74) is 3.34. The normalized spacial score (nSPS) is 18.9. The van der Waals surface area contributed by atoms with E-state index in [1.807, 2.05) is 72.8 Å². The number of unbranched alkanes of at least 4 members (excludes halogenated alkanes) is 6. The first kappa shape index (κ1) is 29.1. The van der Waals surface area contributed by atoms with Crippen LogP contribution in [-0.2, 0) is 10.8 Å². The van der Waals surface area contributed by atoms with E-state index in [0.717, 1.165) is 51.4 Å². The van der Waals surface area contributed by atoms with Gasteiger partial charge in [0.1, 0.15) is 10.8 Å². The number of aromatic nitrogens is 4. The minimum absolute atomic E-state index is 0.618. The monoisotopic (exact) mass is 554 g/mol. The molecule has 5 rings (SSSR count). The van der Waals surface area contributed by atoms with Crippen molar-refractivity contribution < 1.29 is 0 Å². The Kier molecular flexibility index (Phi) is 9.03. The largest absolute Gasteiger partial charge is 0.249 e. The molecule has 6 nitrogen and oxygen atoms in total. The van der Waals surface area contributed by atoms with Gasteiger partial charge in [0.05, 0.1) is 57.7 Å². The van der Waals surface area contributed by atoms with E-state index in [0.29, 0.717) is 58.4 Å². The van der Waals surface area contributed by atoms with Crippen molar-refractivity contribution in [2.24, 2.45) is 0 Å². The average Bonchev–Trinajstić information content (AvgIpc) is 3.05. The third kappa shape index (κ3) is 5.55. The molecule has 0 aromatic carbocycles. The second-order valence-corrected chi connectivity index (χ2v) is 11.3. The van der Waals surface area contributed by atoms with Crippen molar-refractivity contribution in [3.05, 3.63) is 95.6 Å². The van der Waals surface area contributed by atoms with E-state index in [1.54, 1.807) is 0 Å². The van der Waals surface area contributed by atoms with Crippen molar-refractivity contribution >= 4 is 0 Å². The SMILES string of the molecule is CCCCCCC1(C#N)c2cccc(n2)-c2cccc(n2)C(C#N)(CCCCCC)c2cccc(n2)-c2cccc1n2. The van der Waals surface area contributed by atoms with Crippen molar-refractivity contribution in [3.63, 3.8) is 0 Å². The Bertz CT molecular complexity index is 1400. The van der Waals surface area contributed by atoms with Crippen LogP contribution in [0.25, 0.3) is 22.8 Å². The third-order valence-electron chi connectivity index (χ3n) is 8.46. The zero-order chi connectivity index (χ0) is 29.4. The first-order chi connectivity index (χ1) is 20.6. The second-order valence-electron chi connectivity index (χ2n) is 11.3. The van der Waals surface area contributed by atoms with Crippen LogP contribution in [0.2, 0.25) is 0 Å². The molecule has 0 amide bonds. The number of hydrogen-bond donors (Lipinski definition) is 0. The topological polar surface area (TPSA) is 99.1 Å². The maximum atomic E-state index is 10.8. The van der Waals surface area contributed by atoms with Gasteiger partial charge >= 0.3 is 0 Å². The van der Waals surface area contributed by atoms with Gasteiger partial charge in [-0.25, -0.2) is 19.9 Å². The molecule has 8 bridgehead atoms. The molecule has 0 radical (unpaired) electrons. The molecule has 4 aromatic heterocycles. The van der Waals surface area contributed by atoms with Gasteiger partial charge in [0.15, 0.2) is 0 Å². The van der Waals surface area contributed by atoms with Crippen LogP contribution in [0.1, 0.15) is 101 Å². The third-order valence-corrected chi connectivity index (χ3v) is 8.46. The van der Waals surface area contributed by atoms with Crippen LogP contribution < -0.4 is 0 Å². The van der Waals surface area contributed by atoms with Gasteiger partial charge in [-0.05, 0) is 61.4 Å². The maximum absolute atomic E-state index is 10.8. The van der Waals surface area contributed by atoms with Crippen molar-refractivity contribution in [2.45, 2.75) is 88.9 Å². The number of rotatable bonds is 10. The molecule has 0 fully saturated rings. The summed E-state index contributed by atoms with van der Waals surface area (Å²) in [5, 5.41) is 21.7. The molecule has 1 aliphatic heterocycles. The predicted molar refractivity (Wildman–Crippen MR) is 165 cm³/mol. The number of fused-ring (bicyclic) bond motifs is 10. The van der Waals surface area contributed by atoms with Crippen LogP contribution >= 0.6 is 0 Å². The summed E-state index contributed by atoms with van der Waals surface area (Å²) < 4.78 is 0. The lowest BCUT2D eigenvalue weighted by molar-refractivity contribution is 0.507. The van der Waals surface area contributed by atoms with Crippen LogP contribution in [0, 0.1) is 22.7 Å². The summed E-state index contributed by atoms with van der Waals surface area (Å²) in [6, 6.07) is 28.6. The Morgan fingerprint density at radius 3 is 1.05 bits per heavy atom. The van der Waals surface area contributed by atoms with Crippen LogP contribution in [0.15, 0.2) is 72.8 Å². The van der Waals surface area contributed by atoms with E-state index in [4.69, 9.17) is 19.9 Å². The number of nitrogens with zero attached hydrogens (tertiary/aromatic N) is 6. The molecule has 0 N–H and O–H groups in total. The van der Waals surface area contributed by atoms with Crippen molar-refractivity contribution in [2.75, 3.05) is 0 Å². The highest BCUT2D eigenvalue weighted by Crippen LogP contribution is 2.40. The minimum Gasteiger partial charge on any atom is -0.249 e. The lowest BCUT2D eigenvalue weighted by Gasteiger charge is -2.28. The fourth-order valence-corrected chi connectivity index (χ4v) is 6.01. The molecule has 212 valence electrons. The smallest absolute Gasteiger partial charge is 0.141 e. The van der Waals surface area contributed by atoms with E-state index >= 15 is 0 Å². The standard InChI is InChI=1S/C36H38N6/c1-3-5-7-9-23-35(25-37)31-19-11-15-27(39-31)29-17-13-21-33(41-29)36(26-38,24-10-8-6-4-2)34-22-14-18-30(42-34)28-16-12-20-32(35)40-28/h11-22H,3-10,23-24H2,1-2H3. The van der Waals surface area contributed by atoms with Crippen LogP contribution in [-0.4, -0.2) is 19.9 Å². The van der Waals surface area contributed by atoms with Gasteiger partial charge in [-0.2, -0.15) is 10.5 Å². The fourth-order valence-electron chi connectivity index (χ4n) is 6.01. The summed E-state index contributed by atoms with van der Waals surface area (Å²) in [7, 11) is 0. The first-order valence-electron chi connectivity index (χ1n) is 15.3. The zero-order valence-electron chi connectivity index (χ0n) is 24.7. The molecule has 5 heterocycles. The second kappa shape index (κ2) is 13.0. The molecular weight excluding hydrogens is 516 g/mol. The average molecular weight is 555 g/mol. The summed E-state index contributed by atoms with van der Waals surface area (Å²) in [4.78, 5) is 20.3. The maximum Gasteiger partial charge on any atom is 0.141 e. The van der Waals surface area contributed by atoms with E-state index in [-0.39, 0.29) is 0 Å². The summed E-state index contributed by atoms with van der Waals surface area (Å²) in [6.45, 7) is 4.37. The molecule has 0 atom stereocenters. The van der Waals surface area contributed by atoms with Crippen LogP contribution in [0.5, 0.6) is 0 Å². The lowest BCUT2D eigenvalue weighted by atomic mass is 9.76. The number of pyridine rings is 4. The van der Waals surface area contributed by atoms with Crippen LogP contribution in [0.3, 0.4) is 0 Å². The Morgan fingerprint density at radius 1 is 0.476 bits per heavy atom. The van der Waals surface area contributed by atoms with Crippen LogP contribution in [0.4, 0.5) is 0 Å². The van der Waals surface area contributed by atoms with Crippen molar-refractivity contribution in [1.82, 2.24) is 19.9 Å². The van der Waals surface area contributed by atoms with Crippen molar-refractivity contribution in [1.29, 1.82) is 10.5 Å². The minimum atomic E-state index is -1.02.